The van der Waals surface area contributed by atoms with Gasteiger partial charge in [-0.1, -0.05) is 6.92 Å². The molecule has 1 fully saturated rings. The first kappa shape index (κ1) is 11.3. The zero-order chi connectivity index (χ0) is 11.5. The van der Waals surface area contributed by atoms with Gasteiger partial charge in [0.15, 0.2) is 5.82 Å². The molecule has 2 rings (SSSR count). The summed E-state index contributed by atoms with van der Waals surface area (Å²) >= 11 is 0. The van der Waals surface area contributed by atoms with Gasteiger partial charge >= 0.3 is 0 Å². The number of nitrogens with zero attached hydrogens (tertiary/aromatic N) is 3. The molecule has 1 aromatic rings. The van der Waals surface area contributed by atoms with Crippen LogP contribution in [0.1, 0.15) is 38.3 Å². The van der Waals surface area contributed by atoms with Crippen molar-refractivity contribution >= 4 is 11.5 Å². The third kappa shape index (κ3) is 2.01. The Hall–Kier alpha value is -1.19. The van der Waals surface area contributed by atoms with Gasteiger partial charge < -0.3 is 10.6 Å². The van der Waals surface area contributed by atoms with Crippen molar-refractivity contribution in [3.05, 3.63) is 5.69 Å². The molecule has 1 aliphatic heterocycles. The number of nitrogens with two attached hydrogens (primary N) is 1. The van der Waals surface area contributed by atoms with Gasteiger partial charge in [0.05, 0.1) is 11.4 Å². The zero-order valence-electron chi connectivity index (χ0n) is 10.4. The van der Waals surface area contributed by atoms with Gasteiger partial charge in [-0.25, -0.2) is 4.68 Å². The summed E-state index contributed by atoms with van der Waals surface area (Å²) in [5.41, 5.74) is 7.98. The average Bonchev–Trinajstić information content (AvgIpc) is 2.57. The smallest absolute Gasteiger partial charge is 0.150 e. The predicted octanol–water partition coefficient (Wildman–Crippen LogP) is 2.17. The quantitative estimate of drug-likeness (QED) is 0.852. The Morgan fingerprint density at radius 1 is 1.25 bits per heavy atom. The highest BCUT2D eigenvalue weighted by Gasteiger charge is 2.20. The van der Waals surface area contributed by atoms with E-state index in [1.165, 1.54) is 19.3 Å². The molecule has 0 aliphatic carbocycles. The summed E-state index contributed by atoms with van der Waals surface area (Å²) in [6, 6.07) is 0. The minimum absolute atomic E-state index is 0.871. The Bertz CT molecular complexity index is 350. The van der Waals surface area contributed by atoms with E-state index in [1.54, 1.807) is 0 Å². The molecule has 90 valence electrons. The van der Waals surface area contributed by atoms with E-state index in [1.807, 2.05) is 6.92 Å². The Labute approximate surface area is 97.4 Å². The molecule has 0 atom stereocenters. The van der Waals surface area contributed by atoms with E-state index in [9.17, 15) is 0 Å². The van der Waals surface area contributed by atoms with Crippen LogP contribution in [0.2, 0.25) is 0 Å². The Morgan fingerprint density at radius 3 is 2.56 bits per heavy atom. The van der Waals surface area contributed by atoms with E-state index in [0.717, 1.165) is 43.3 Å². The van der Waals surface area contributed by atoms with Crippen molar-refractivity contribution in [3.63, 3.8) is 0 Å². The molecule has 4 nitrogen and oxygen atoms in total. The molecule has 0 aromatic carbocycles. The maximum absolute atomic E-state index is 6.14. The van der Waals surface area contributed by atoms with Crippen LogP contribution in [0.4, 0.5) is 11.5 Å². The Balaban J connectivity index is 2.28. The van der Waals surface area contributed by atoms with Crippen molar-refractivity contribution in [2.45, 2.75) is 46.1 Å². The second-order valence-corrected chi connectivity index (χ2v) is 4.59. The van der Waals surface area contributed by atoms with Gasteiger partial charge in [0.2, 0.25) is 0 Å². The molecule has 0 bridgehead atoms. The number of rotatable bonds is 3. The summed E-state index contributed by atoms with van der Waals surface area (Å²) in [7, 11) is 0. The van der Waals surface area contributed by atoms with Gasteiger partial charge in [0.1, 0.15) is 0 Å². The predicted molar refractivity (Wildman–Crippen MR) is 67.7 cm³/mol. The number of aryl methyl sites for hydroxylation is 2. The maximum Gasteiger partial charge on any atom is 0.150 e. The lowest BCUT2D eigenvalue weighted by Gasteiger charge is -2.29. The minimum atomic E-state index is 0.871. The number of anilines is 2. The van der Waals surface area contributed by atoms with Crippen LogP contribution in [0.15, 0.2) is 0 Å². The third-order valence-corrected chi connectivity index (χ3v) is 3.24. The van der Waals surface area contributed by atoms with Crippen molar-refractivity contribution in [3.8, 4) is 0 Å². The van der Waals surface area contributed by atoms with Crippen molar-refractivity contribution in [2.75, 3.05) is 23.7 Å². The molecule has 4 heteroatoms. The summed E-state index contributed by atoms with van der Waals surface area (Å²) in [6.45, 7) is 7.38. The molecule has 1 aromatic heterocycles. The number of hydrogen-bond donors (Lipinski definition) is 1. The summed E-state index contributed by atoms with van der Waals surface area (Å²) in [6.07, 6.45) is 4.99. The van der Waals surface area contributed by atoms with E-state index in [-0.39, 0.29) is 0 Å². The summed E-state index contributed by atoms with van der Waals surface area (Å²) in [5.74, 6) is 1.15. The number of piperidine rings is 1. The highest BCUT2D eigenvalue weighted by molar-refractivity contribution is 5.66. The topological polar surface area (TPSA) is 47.1 Å². The fourth-order valence-corrected chi connectivity index (χ4v) is 2.39. The first-order valence-corrected chi connectivity index (χ1v) is 6.32. The van der Waals surface area contributed by atoms with Crippen LogP contribution in [0, 0.1) is 6.92 Å². The van der Waals surface area contributed by atoms with Crippen LogP contribution in [0.5, 0.6) is 0 Å². The van der Waals surface area contributed by atoms with E-state index < -0.39 is 0 Å². The van der Waals surface area contributed by atoms with Crippen LogP contribution in [-0.2, 0) is 6.54 Å². The molecule has 0 spiro atoms. The Morgan fingerprint density at radius 2 is 1.94 bits per heavy atom. The van der Waals surface area contributed by atoms with Crippen LogP contribution in [-0.4, -0.2) is 22.9 Å². The van der Waals surface area contributed by atoms with Crippen LogP contribution in [0.3, 0.4) is 0 Å². The van der Waals surface area contributed by atoms with Crippen molar-refractivity contribution in [1.82, 2.24) is 9.78 Å². The van der Waals surface area contributed by atoms with Crippen molar-refractivity contribution < 1.29 is 0 Å². The number of nitrogen functional groups attached to an aromatic ring is 1. The fourth-order valence-electron chi connectivity index (χ4n) is 2.39. The molecular weight excluding hydrogens is 200 g/mol. The second kappa shape index (κ2) is 4.76. The molecule has 0 radical (unpaired) electrons. The first-order valence-electron chi connectivity index (χ1n) is 6.32. The van der Waals surface area contributed by atoms with Gasteiger partial charge in [0, 0.05) is 19.6 Å². The highest BCUT2D eigenvalue weighted by atomic mass is 15.4. The summed E-state index contributed by atoms with van der Waals surface area (Å²) < 4.78 is 2.08. The molecular formula is C12H22N4. The molecule has 2 heterocycles. The number of aromatic nitrogens is 2. The van der Waals surface area contributed by atoms with E-state index in [4.69, 9.17) is 5.73 Å². The van der Waals surface area contributed by atoms with Gasteiger partial charge in [-0.3, -0.25) is 0 Å². The largest absolute Gasteiger partial charge is 0.394 e. The third-order valence-electron chi connectivity index (χ3n) is 3.24. The maximum atomic E-state index is 6.14. The minimum Gasteiger partial charge on any atom is -0.394 e. The fraction of sp³-hybridized carbons (Fsp3) is 0.750. The summed E-state index contributed by atoms with van der Waals surface area (Å²) in [5, 5.41) is 4.53. The molecule has 0 amide bonds. The van der Waals surface area contributed by atoms with E-state index >= 15 is 0 Å². The van der Waals surface area contributed by atoms with Crippen molar-refractivity contribution in [1.29, 1.82) is 0 Å². The molecule has 16 heavy (non-hydrogen) atoms. The second-order valence-electron chi connectivity index (χ2n) is 4.59. The van der Waals surface area contributed by atoms with Crippen molar-refractivity contribution in [2.24, 2.45) is 0 Å². The van der Waals surface area contributed by atoms with Gasteiger partial charge in [-0.2, -0.15) is 5.10 Å². The number of hydrogen-bond acceptors (Lipinski definition) is 3. The highest BCUT2D eigenvalue weighted by Crippen LogP contribution is 2.29. The van der Waals surface area contributed by atoms with Gasteiger partial charge in [-0.05, 0) is 32.6 Å². The van der Waals surface area contributed by atoms with Crippen LogP contribution >= 0.6 is 0 Å². The molecule has 0 unspecified atom stereocenters. The van der Waals surface area contributed by atoms with Gasteiger partial charge in [-0.15, -0.1) is 0 Å². The van der Waals surface area contributed by atoms with Crippen LogP contribution < -0.4 is 10.6 Å². The average molecular weight is 222 g/mol. The standard InChI is InChI=1S/C12H22N4/c1-3-7-16-12(11(13)10(2)14-16)15-8-5-4-6-9-15/h3-9,13H2,1-2H3. The lowest BCUT2D eigenvalue weighted by Crippen LogP contribution is -2.32. The monoisotopic (exact) mass is 222 g/mol. The molecule has 1 aliphatic rings. The normalized spacial score (nSPS) is 16.8. The zero-order valence-corrected chi connectivity index (χ0v) is 10.4. The Kier molecular flexibility index (Phi) is 3.36. The van der Waals surface area contributed by atoms with E-state index in [0.29, 0.717) is 0 Å². The molecule has 2 N–H and O–H groups in total. The first-order chi connectivity index (χ1) is 7.74. The van der Waals surface area contributed by atoms with Gasteiger partial charge in [0.25, 0.3) is 0 Å². The van der Waals surface area contributed by atoms with Crippen LogP contribution in [0.25, 0.3) is 0 Å². The molecule has 0 saturated carbocycles. The SMILES string of the molecule is CCCn1nc(C)c(N)c1N1CCCCC1. The van der Waals surface area contributed by atoms with E-state index in [2.05, 4.69) is 21.6 Å². The lowest BCUT2D eigenvalue weighted by molar-refractivity contribution is 0.537. The summed E-state index contributed by atoms with van der Waals surface area (Å²) in [4.78, 5) is 2.40. The lowest BCUT2D eigenvalue weighted by atomic mass is 10.1. The molecule has 1 saturated heterocycles.